The van der Waals surface area contributed by atoms with Crippen molar-refractivity contribution in [1.29, 1.82) is 0 Å². The highest BCUT2D eigenvalue weighted by Gasteiger charge is 2.29. The van der Waals surface area contributed by atoms with Crippen LogP contribution in [0.4, 0.5) is 0 Å². The third-order valence-corrected chi connectivity index (χ3v) is 4.20. The number of likely N-dealkylation sites (N-methyl/N-ethyl adjacent to an activating group) is 1. The molecule has 0 atom stereocenters. The van der Waals surface area contributed by atoms with Crippen molar-refractivity contribution in [3.8, 4) is 0 Å². The topological polar surface area (TPSA) is 52.6 Å². The molecule has 0 amide bonds. The van der Waals surface area contributed by atoms with Gasteiger partial charge in [-0.1, -0.05) is 0 Å². The standard InChI is InChI=1S/C7H17N3O2S/c1-8-4-7-10-6-3-5-9(2)13(10,11)12/h8H,3-7H2,1-2H3. The molecule has 0 radical (unpaired) electrons. The van der Waals surface area contributed by atoms with E-state index in [-0.39, 0.29) is 0 Å². The Morgan fingerprint density at radius 3 is 2.69 bits per heavy atom. The fourth-order valence-electron chi connectivity index (χ4n) is 1.36. The van der Waals surface area contributed by atoms with Crippen molar-refractivity contribution in [2.75, 3.05) is 40.3 Å². The second kappa shape index (κ2) is 4.36. The van der Waals surface area contributed by atoms with Gasteiger partial charge in [-0.25, -0.2) is 0 Å². The first kappa shape index (κ1) is 10.9. The Kier molecular flexibility index (Phi) is 3.66. The molecule has 1 aliphatic rings. The van der Waals surface area contributed by atoms with Crippen molar-refractivity contribution < 1.29 is 8.42 Å². The molecule has 1 fully saturated rings. The first-order chi connectivity index (χ1) is 6.09. The molecule has 5 nitrogen and oxygen atoms in total. The van der Waals surface area contributed by atoms with Crippen LogP contribution in [0.5, 0.6) is 0 Å². The van der Waals surface area contributed by atoms with Gasteiger partial charge in [-0.05, 0) is 13.5 Å². The molecule has 0 aromatic heterocycles. The fourth-order valence-corrected chi connectivity index (χ4v) is 2.80. The highest BCUT2D eigenvalue weighted by Crippen LogP contribution is 2.12. The molecular formula is C7H17N3O2S. The largest absolute Gasteiger partial charge is 0.318 e. The van der Waals surface area contributed by atoms with Crippen LogP contribution in [0.1, 0.15) is 6.42 Å². The maximum atomic E-state index is 11.6. The van der Waals surface area contributed by atoms with E-state index in [0.717, 1.165) is 6.42 Å². The van der Waals surface area contributed by atoms with Crippen LogP contribution < -0.4 is 5.32 Å². The maximum absolute atomic E-state index is 11.6. The maximum Gasteiger partial charge on any atom is 0.281 e. The molecule has 0 bridgehead atoms. The zero-order chi connectivity index (χ0) is 9.90. The molecule has 13 heavy (non-hydrogen) atoms. The Balaban J connectivity index is 2.62. The van der Waals surface area contributed by atoms with Gasteiger partial charge in [0.1, 0.15) is 0 Å². The van der Waals surface area contributed by atoms with Crippen molar-refractivity contribution in [2.45, 2.75) is 6.42 Å². The summed E-state index contributed by atoms with van der Waals surface area (Å²) < 4.78 is 26.2. The SMILES string of the molecule is CNCCN1CCCN(C)S1(=O)=O. The third kappa shape index (κ3) is 2.40. The molecule has 0 unspecified atom stereocenters. The van der Waals surface area contributed by atoms with Crippen LogP contribution in [-0.2, 0) is 10.2 Å². The molecular weight excluding hydrogens is 190 g/mol. The smallest absolute Gasteiger partial charge is 0.281 e. The number of nitrogens with zero attached hydrogens (tertiary/aromatic N) is 2. The summed E-state index contributed by atoms with van der Waals surface area (Å²) in [5.74, 6) is 0. The van der Waals surface area contributed by atoms with Crippen LogP contribution in [0.25, 0.3) is 0 Å². The molecule has 78 valence electrons. The van der Waals surface area contributed by atoms with Gasteiger partial charge < -0.3 is 5.32 Å². The third-order valence-electron chi connectivity index (χ3n) is 2.21. The van der Waals surface area contributed by atoms with E-state index in [1.54, 1.807) is 7.05 Å². The van der Waals surface area contributed by atoms with Crippen LogP contribution >= 0.6 is 0 Å². The van der Waals surface area contributed by atoms with E-state index in [1.807, 2.05) is 7.05 Å². The molecule has 0 aromatic carbocycles. The number of hydrogen-bond donors (Lipinski definition) is 1. The lowest BCUT2D eigenvalue weighted by molar-refractivity contribution is 0.308. The lowest BCUT2D eigenvalue weighted by Gasteiger charge is -2.32. The van der Waals surface area contributed by atoms with Crippen LogP contribution in [0.2, 0.25) is 0 Å². The highest BCUT2D eigenvalue weighted by molar-refractivity contribution is 7.86. The summed E-state index contributed by atoms with van der Waals surface area (Å²) in [7, 11) is 0.298. The summed E-state index contributed by atoms with van der Waals surface area (Å²) in [5, 5.41) is 2.94. The highest BCUT2D eigenvalue weighted by atomic mass is 32.2. The van der Waals surface area contributed by atoms with Gasteiger partial charge in [0.25, 0.3) is 10.2 Å². The Morgan fingerprint density at radius 2 is 2.08 bits per heavy atom. The first-order valence-corrected chi connectivity index (χ1v) is 5.84. The predicted molar refractivity (Wildman–Crippen MR) is 51.7 cm³/mol. The number of nitrogens with one attached hydrogen (secondary N) is 1. The minimum atomic E-state index is -3.15. The van der Waals surface area contributed by atoms with E-state index in [0.29, 0.717) is 26.2 Å². The zero-order valence-electron chi connectivity index (χ0n) is 8.15. The molecule has 0 spiro atoms. The molecule has 0 aromatic rings. The van der Waals surface area contributed by atoms with E-state index in [2.05, 4.69) is 5.32 Å². The van der Waals surface area contributed by atoms with Gasteiger partial charge in [0.15, 0.2) is 0 Å². The quantitative estimate of drug-likeness (QED) is 0.652. The van der Waals surface area contributed by atoms with Crippen LogP contribution in [0, 0.1) is 0 Å². The van der Waals surface area contributed by atoms with Gasteiger partial charge in [0, 0.05) is 33.2 Å². The Labute approximate surface area is 79.9 Å². The molecule has 1 saturated heterocycles. The fraction of sp³-hybridized carbons (Fsp3) is 1.00. The van der Waals surface area contributed by atoms with Gasteiger partial charge in [0.2, 0.25) is 0 Å². The van der Waals surface area contributed by atoms with Crippen LogP contribution in [0.3, 0.4) is 0 Å². The number of rotatable bonds is 3. The van der Waals surface area contributed by atoms with Crippen molar-refractivity contribution in [2.24, 2.45) is 0 Å². The Morgan fingerprint density at radius 1 is 1.38 bits per heavy atom. The molecule has 1 heterocycles. The average Bonchev–Trinajstić information content (AvgIpc) is 2.08. The minimum absolute atomic E-state index is 0.559. The lowest BCUT2D eigenvalue weighted by atomic mass is 10.4. The lowest BCUT2D eigenvalue weighted by Crippen LogP contribution is -2.49. The Hall–Kier alpha value is -0.170. The van der Waals surface area contributed by atoms with Gasteiger partial charge in [-0.2, -0.15) is 17.0 Å². The zero-order valence-corrected chi connectivity index (χ0v) is 8.97. The normalized spacial score (nSPS) is 24.8. The van der Waals surface area contributed by atoms with Gasteiger partial charge in [-0.3, -0.25) is 0 Å². The monoisotopic (exact) mass is 207 g/mol. The summed E-state index contributed by atoms with van der Waals surface area (Å²) >= 11 is 0. The molecule has 1 rings (SSSR count). The van der Waals surface area contributed by atoms with Gasteiger partial charge >= 0.3 is 0 Å². The molecule has 6 heteroatoms. The number of hydrogen-bond acceptors (Lipinski definition) is 3. The Bertz CT molecular complexity index is 252. The van der Waals surface area contributed by atoms with E-state index < -0.39 is 10.2 Å². The van der Waals surface area contributed by atoms with Crippen molar-refractivity contribution in [3.05, 3.63) is 0 Å². The second-order valence-electron chi connectivity index (χ2n) is 3.19. The van der Waals surface area contributed by atoms with Crippen molar-refractivity contribution in [1.82, 2.24) is 13.9 Å². The van der Waals surface area contributed by atoms with E-state index in [4.69, 9.17) is 0 Å². The summed E-state index contributed by atoms with van der Waals surface area (Å²) in [4.78, 5) is 0. The van der Waals surface area contributed by atoms with Crippen molar-refractivity contribution >= 4 is 10.2 Å². The summed E-state index contributed by atoms with van der Waals surface area (Å²) in [6.45, 7) is 2.54. The van der Waals surface area contributed by atoms with E-state index in [1.165, 1.54) is 8.61 Å². The minimum Gasteiger partial charge on any atom is -0.318 e. The van der Waals surface area contributed by atoms with E-state index >= 15 is 0 Å². The molecule has 1 N–H and O–H groups in total. The van der Waals surface area contributed by atoms with Crippen LogP contribution in [-0.4, -0.2) is 57.3 Å². The summed E-state index contributed by atoms with van der Waals surface area (Å²) in [6.07, 6.45) is 0.916. The van der Waals surface area contributed by atoms with Gasteiger partial charge in [0.05, 0.1) is 0 Å². The molecule has 0 aliphatic carbocycles. The summed E-state index contributed by atoms with van der Waals surface area (Å²) in [5.41, 5.74) is 0. The second-order valence-corrected chi connectivity index (χ2v) is 5.22. The average molecular weight is 207 g/mol. The molecule has 1 aliphatic heterocycles. The summed E-state index contributed by atoms with van der Waals surface area (Å²) in [6, 6.07) is 0. The predicted octanol–water partition coefficient (Wildman–Crippen LogP) is -0.912. The molecule has 0 saturated carbocycles. The van der Waals surface area contributed by atoms with Crippen LogP contribution in [0.15, 0.2) is 0 Å². The van der Waals surface area contributed by atoms with Gasteiger partial charge in [-0.15, -0.1) is 0 Å². The van der Waals surface area contributed by atoms with E-state index in [9.17, 15) is 8.42 Å². The van der Waals surface area contributed by atoms with Crippen molar-refractivity contribution in [3.63, 3.8) is 0 Å². The first-order valence-electron chi connectivity index (χ1n) is 4.45.